The molecular formula is C25H32N2O3. The summed E-state index contributed by atoms with van der Waals surface area (Å²) in [4.78, 5) is 27.6. The zero-order valence-corrected chi connectivity index (χ0v) is 18.6. The number of anilines is 2. The zero-order valence-electron chi connectivity index (χ0n) is 18.6. The van der Waals surface area contributed by atoms with Crippen molar-refractivity contribution in [3.05, 3.63) is 53.6 Å². The third kappa shape index (κ3) is 4.84. The molecule has 5 heteroatoms. The van der Waals surface area contributed by atoms with Crippen LogP contribution in [-0.4, -0.2) is 25.0 Å². The number of hydrogen-bond donors (Lipinski definition) is 1. The fraction of sp³-hybridized carbons (Fsp3) is 0.440. The molecule has 2 amide bonds. The van der Waals surface area contributed by atoms with Crippen LogP contribution in [-0.2, 0) is 11.2 Å². The molecule has 0 aromatic heterocycles. The summed E-state index contributed by atoms with van der Waals surface area (Å²) >= 11 is 0. The van der Waals surface area contributed by atoms with Crippen molar-refractivity contribution in [2.24, 2.45) is 11.3 Å². The van der Waals surface area contributed by atoms with E-state index < -0.39 is 5.41 Å². The van der Waals surface area contributed by atoms with Gasteiger partial charge in [-0.25, -0.2) is 0 Å². The van der Waals surface area contributed by atoms with Crippen LogP contribution in [0.3, 0.4) is 0 Å². The molecule has 0 radical (unpaired) electrons. The van der Waals surface area contributed by atoms with E-state index >= 15 is 0 Å². The topological polar surface area (TPSA) is 58.6 Å². The zero-order chi connectivity index (χ0) is 21.9. The molecule has 0 saturated carbocycles. The minimum absolute atomic E-state index is 0.0645. The van der Waals surface area contributed by atoms with Crippen LogP contribution >= 0.6 is 0 Å². The van der Waals surface area contributed by atoms with Gasteiger partial charge in [-0.3, -0.25) is 9.59 Å². The minimum atomic E-state index is -0.611. The number of benzene rings is 2. The van der Waals surface area contributed by atoms with Gasteiger partial charge in [0, 0.05) is 23.9 Å². The van der Waals surface area contributed by atoms with Crippen LogP contribution in [0.5, 0.6) is 5.75 Å². The lowest BCUT2D eigenvalue weighted by atomic mass is 9.92. The Morgan fingerprint density at radius 1 is 1.17 bits per heavy atom. The van der Waals surface area contributed by atoms with Gasteiger partial charge < -0.3 is 15.0 Å². The highest BCUT2D eigenvalue weighted by Gasteiger charge is 2.37. The Morgan fingerprint density at radius 2 is 1.87 bits per heavy atom. The van der Waals surface area contributed by atoms with Gasteiger partial charge in [0.25, 0.3) is 5.91 Å². The molecule has 2 aromatic carbocycles. The van der Waals surface area contributed by atoms with Crippen LogP contribution in [0.2, 0.25) is 0 Å². The molecule has 1 heterocycles. The molecule has 3 rings (SSSR count). The molecule has 0 atom stereocenters. The van der Waals surface area contributed by atoms with Crippen molar-refractivity contribution in [3.8, 4) is 5.75 Å². The number of carbonyl (C=O) groups excluding carboxylic acids is 2. The highest BCUT2D eigenvalue weighted by atomic mass is 16.5. The Bertz CT molecular complexity index is 916. The van der Waals surface area contributed by atoms with Crippen LogP contribution < -0.4 is 15.0 Å². The van der Waals surface area contributed by atoms with E-state index in [2.05, 4.69) is 26.1 Å². The molecule has 1 aliphatic rings. The number of carbonyl (C=O) groups is 2. The van der Waals surface area contributed by atoms with Gasteiger partial charge in [0.15, 0.2) is 0 Å². The van der Waals surface area contributed by atoms with Gasteiger partial charge in [0.05, 0.1) is 11.1 Å². The molecule has 1 aliphatic heterocycles. The molecule has 160 valence electrons. The predicted octanol–water partition coefficient (Wildman–Crippen LogP) is 5.30. The highest BCUT2D eigenvalue weighted by Crippen LogP contribution is 2.38. The monoisotopic (exact) mass is 408 g/mol. The number of hydrogen-bond acceptors (Lipinski definition) is 3. The first kappa shape index (κ1) is 21.9. The van der Waals surface area contributed by atoms with E-state index in [1.807, 2.05) is 61.2 Å². The summed E-state index contributed by atoms with van der Waals surface area (Å²) in [5.74, 6) is 1.01. The molecular weight excluding hydrogens is 376 g/mol. The average molecular weight is 409 g/mol. The van der Waals surface area contributed by atoms with Crippen LogP contribution in [0.1, 0.15) is 57.0 Å². The Labute approximate surface area is 179 Å². The Morgan fingerprint density at radius 3 is 2.50 bits per heavy atom. The summed E-state index contributed by atoms with van der Waals surface area (Å²) in [6.07, 6.45) is 1.85. The third-order valence-corrected chi connectivity index (χ3v) is 5.48. The maximum absolute atomic E-state index is 13.1. The van der Waals surface area contributed by atoms with E-state index in [1.54, 1.807) is 0 Å². The fourth-order valence-electron chi connectivity index (χ4n) is 3.43. The number of rotatable bonds is 6. The Balaban J connectivity index is 1.84. The van der Waals surface area contributed by atoms with E-state index in [0.717, 1.165) is 18.5 Å². The summed E-state index contributed by atoms with van der Waals surface area (Å²) < 4.78 is 6.02. The van der Waals surface area contributed by atoms with Crippen molar-refractivity contribution in [1.29, 1.82) is 0 Å². The minimum Gasteiger partial charge on any atom is -0.490 e. The van der Waals surface area contributed by atoms with Gasteiger partial charge in [-0.2, -0.15) is 0 Å². The molecule has 1 N–H and O–H groups in total. The van der Waals surface area contributed by atoms with Gasteiger partial charge >= 0.3 is 0 Å². The third-order valence-electron chi connectivity index (χ3n) is 5.48. The lowest BCUT2D eigenvalue weighted by Gasteiger charge is -2.28. The number of ether oxygens (including phenoxy) is 1. The summed E-state index contributed by atoms with van der Waals surface area (Å²) in [5, 5.41) is 2.94. The van der Waals surface area contributed by atoms with Gasteiger partial charge in [-0.15, -0.1) is 0 Å². The summed E-state index contributed by atoms with van der Waals surface area (Å²) in [6, 6.07) is 13.1. The summed E-state index contributed by atoms with van der Waals surface area (Å²) in [7, 11) is 0. The normalized spacial score (nSPS) is 15.4. The first-order chi connectivity index (χ1) is 14.2. The predicted molar refractivity (Wildman–Crippen MR) is 121 cm³/mol. The van der Waals surface area contributed by atoms with Crippen molar-refractivity contribution < 1.29 is 14.3 Å². The number of aryl methyl sites for hydroxylation is 1. The molecule has 0 fully saturated rings. The fourth-order valence-corrected chi connectivity index (χ4v) is 3.43. The lowest BCUT2D eigenvalue weighted by molar-refractivity contribution is -0.127. The van der Waals surface area contributed by atoms with Crippen molar-refractivity contribution in [1.82, 2.24) is 0 Å². The van der Waals surface area contributed by atoms with Crippen molar-refractivity contribution in [2.45, 2.75) is 47.5 Å². The maximum Gasteiger partial charge on any atom is 0.255 e. The van der Waals surface area contributed by atoms with E-state index in [4.69, 9.17) is 4.74 Å². The molecule has 0 bridgehead atoms. The van der Waals surface area contributed by atoms with Crippen molar-refractivity contribution >= 4 is 23.2 Å². The first-order valence-electron chi connectivity index (χ1n) is 10.7. The Hall–Kier alpha value is -2.82. The lowest BCUT2D eigenvalue weighted by Crippen LogP contribution is -2.42. The largest absolute Gasteiger partial charge is 0.490 e. The van der Waals surface area contributed by atoms with Gasteiger partial charge in [0.1, 0.15) is 12.4 Å². The molecule has 0 saturated heterocycles. The van der Waals surface area contributed by atoms with E-state index in [-0.39, 0.29) is 11.8 Å². The quantitative estimate of drug-likeness (QED) is 0.706. The number of amides is 2. The number of nitrogens with zero attached hydrogens (tertiary/aromatic N) is 1. The van der Waals surface area contributed by atoms with Crippen LogP contribution in [0.25, 0.3) is 0 Å². The van der Waals surface area contributed by atoms with Crippen molar-refractivity contribution in [2.75, 3.05) is 23.4 Å². The van der Waals surface area contributed by atoms with Crippen molar-refractivity contribution in [3.63, 3.8) is 0 Å². The van der Waals surface area contributed by atoms with Gasteiger partial charge in [-0.1, -0.05) is 32.9 Å². The average Bonchev–Trinajstić information content (AvgIpc) is 2.81. The number of nitrogens with one attached hydrogen (secondary N) is 1. The SMILES string of the molecule is CCc1ccc(C(=O)Nc2ccc3c(c2)OCC(C)(C)C(=O)N3CCC(C)C)cc1. The first-order valence-corrected chi connectivity index (χ1v) is 10.7. The molecule has 5 nitrogen and oxygen atoms in total. The van der Waals surface area contributed by atoms with Crippen LogP contribution in [0.15, 0.2) is 42.5 Å². The van der Waals surface area contributed by atoms with E-state index in [1.165, 1.54) is 5.56 Å². The Kier molecular flexibility index (Phi) is 6.49. The van der Waals surface area contributed by atoms with E-state index in [0.29, 0.717) is 36.1 Å². The second kappa shape index (κ2) is 8.90. The summed E-state index contributed by atoms with van der Waals surface area (Å²) in [5.41, 5.74) is 2.60. The molecule has 0 unspecified atom stereocenters. The second-order valence-electron chi connectivity index (χ2n) is 9.00. The smallest absolute Gasteiger partial charge is 0.255 e. The van der Waals surface area contributed by atoms with Gasteiger partial charge in [-0.05, 0) is 62.4 Å². The number of fused-ring (bicyclic) bond motifs is 1. The van der Waals surface area contributed by atoms with Gasteiger partial charge in [0.2, 0.25) is 5.91 Å². The molecule has 0 spiro atoms. The van der Waals surface area contributed by atoms with E-state index in [9.17, 15) is 9.59 Å². The summed E-state index contributed by atoms with van der Waals surface area (Å²) in [6.45, 7) is 11.1. The maximum atomic E-state index is 13.1. The second-order valence-corrected chi connectivity index (χ2v) is 9.00. The molecule has 30 heavy (non-hydrogen) atoms. The molecule has 2 aromatic rings. The van der Waals surface area contributed by atoms with Crippen LogP contribution in [0.4, 0.5) is 11.4 Å². The highest BCUT2D eigenvalue weighted by molar-refractivity contribution is 6.05. The molecule has 0 aliphatic carbocycles. The van der Waals surface area contributed by atoms with Crippen LogP contribution in [0, 0.1) is 11.3 Å². The standard InChI is InChI=1S/C25H32N2O3/c1-6-18-7-9-19(10-8-18)23(28)26-20-11-12-21-22(15-20)30-16-25(4,5)24(29)27(21)14-13-17(2)3/h7-12,15,17H,6,13-14,16H2,1-5H3,(H,26,28).